The molecule has 0 amide bonds. The zero-order chi connectivity index (χ0) is 13.1. The van der Waals surface area contributed by atoms with Crippen LogP contribution in [0.5, 0.6) is 0 Å². The first-order chi connectivity index (χ1) is 8.70. The van der Waals surface area contributed by atoms with Crippen LogP contribution in [0.4, 0.5) is 0 Å². The van der Waals surface area contributed by atoms with Gasteiger partial charge in [0.25, 0.3) is 0 Å². The average Bonchev–Trinajstić information content (AvgIpc) is 2.40. The fourth-order valence-corrected chi connectivity index (χ4v) is 2.82. The highest BCUT2D eigenvalue weighted by molar-refractivity contribution is 8.12. The average molecular weight is 272 g/mol. The number of hydrogen-bond donors (Lipinski definition) is 0. The minimum absolute atomic E-state index is 0.0350. The van der Waals surface area contributed by atoms with Gasteiger partial charge in [-0.3, -0.25) is 9.59 Å². The van der Waals surface area contributed by atoms with Crippen molar-refractivity contribution in [3.05, 3.63) is 45.2 Å². The number of benzene rings is 1. The van der Waals surface area contributed by atoms with E-state index in [1.54, 1.807) is 35.1 Å². The predicted octanol–water partition coefficient (Wildman–Crippen LogP) is 2.71. The number of ketones is 2. The highest BCUT2D eigenvalue weighted by atomic mass is 32.2. The Morgan fingerprint density at radius 1 is 0.833 bits per heavy atom. The molecule has 6 heteroatoms. The number of rotatable bonds is 2. The molecular weight excluding hydrogens is 268 g/mol. The van der Waals surface area contributed by atoms with Gasteiger partial charge in [0.1, 0.15) is 10.8 Å². The maximum Gasteiger partial charge on any atom is 0.202 e. The van der Waals surface area contributed by atoms with E-state index >= 15 is 0 Å². The molecule has 18 heavy (non-hydrogen) atoms. The van der Waals surface area contributed by atoms with Crippen LogP contribution >= 0.6 is 23.5 Å². The van der Waals surface area contributed by atoms with Gasteiger partial charge in [-0.2, -0.15) is 10.5 Å². The van der Waals surface area contributed by atoms with E-state index in [1.165, 1.54) is 0 Å². The summed E-state index contributed by atoms with van der Waals surface area (Å²) < 4.78 is 0. The third-order valence-electron chi connectivity index (χ3n) is 2.33. The fraction of sp³-hybridized carbons (Fsp3) is 0. The number of carbonyl (C=O) groups is 2. The second-order valence-corrected chi connectivity index (χ2v) is 4.84. The van der Waals surface area contributed by atoms with Crippen LogP contribution in [-0.2, 0) is 0 Å². The number of fused-ring (bicyclic) bond motifs is 1. The van der Waals surface area contributed by atoms with Crippen LogP contribution in [0.1, 0.15) is 20.7 Å². The maximum atomic E-state index is 12.1. The second kappa shape index (κ2) is 5.09. The van der Waals surface area contributed by atoms with E-state index in [2.05, 4.69) is 0 Å². The molecule has 0 radical (unpaired) electrons. The predicted molar refractivity (Wildman–Crippen MR) is 68.5 cm³/mol. The van der Waals surface area contributed by atoms with Gasteiger partial charge in [0, 0.05) is 11.1 Å². The zero-order valence-corrected chi connectivity index (χ0v) is 10.5. The molecule has 0 atom stereocenters. The highest BCUT2D eigenvalue weighted by Crippen LogP contribution is 2.37. The largest absolute Gasteiger partial charge is 0.288 e. The summed E-state index contributed by atoms with van der Waals surface area (Å²) in [5.41, 5.74) is 0.560. The molecule has 0 aliphatic heterocycles. The number of thioether (sulfide) groups is 2. The van der Waals surface area contributed by atoms with Crippen LogP contribution < -0.4 is 0 Å². The van der Waals surface area contributed by atoms with E-state index in [-0.39, 0.29) is 32.5 Å². The SMILES string of the molecule is N#CSC1=C(SC#N)C(=O)c2ccccc2C1=O. The molecule has 1 aromatic carbocycles. The van der Waals surface area contributed by atoms with Crippen molar-refractivity contribution in [2.24, 2.45) is 0 Å². The zero-order valence-electron chi connectivity index (χ0n) is 8.84. The van der Waals surface area contributed by atoms with Gasteiger partial charge in [0.15, 0.2) is 0 Å². The van der Waals surface area contributed by atoms with Crippen molar-refractivity contribution >= 4 is 35.1 Å². The summed E-state index contributed by atoms with van der Waals surface area (Å²) in [7, 11) is 0. The van der Waals surface area contributed by atoms with Gasteiger partial charge in [-0.15, -0.1) is 0 Å². The molecule has 0 aromatic heterocycles. The van der Waals surface area contributed by atoms with E-state index in [9.17, 15) is 9.59 Å². The Balaban J connectivity index is 2.65. The Kier molecular flexibility index (Phi) is 3.52. The van der Waals surface area contributed by atoms with Gasteiger partial charge in [0.2, 0.25) is 11.6 Å². The number of nitriles is 2. The number of hydrogen-bond acceptors (Lipinski definition) is 6. The Hall–Kier alpha value is -2.02. The first-order valence-corrected chi connectivity index (χ1v) is 6.38. The molecule has 1 aromatic rings. The Labute approximate surface area is 111 Å². The lowest BCUT2D eigenvalue weighted by Gasteiger charge is -2.16. The number of Topliss-reactive ketones (excluding diaryl/α,β-unsaturated/α-hetero) is 2. The molecule has 4 nitrogen and oxygen atoms in total. The first kappa shape index (κ1) is 12.4. The molecule has 0 fully saturated rings. The van der Waals surface area contributed by atoms with Gasteiger partial charge < -0.3 is 0 Å². The number of nitrogens with zero attached hydrogens (tertiary/aromatic N) is 2. The fourth-order valence-electron chi connectivity index (χ4n) is 1.61. The third kappa shape index (κ3) is 1.92. The molecule has 0 spiro atoms. The van der Waals surface area contributed by atoms with Crippen molar-refractivity contribution < 1.29 is 9.59 Å². The lowest BCUT2D eigenvalue weighted by Crippen LogP contribution is -2.19. The molecule has 1 aliphatic rings. The quantitative estimate of drug-likeness (QED) is 0.770. The van der Waals surface area contributed by atoms with Crippen molar-refractivity contribution in [1.82, 2.24) is 0 Å². The molecular formula is C12H4N2O2S2. The van der Waals surface area contributed by atoms with Crippen LogP contribution in [-0.4, -0.2) is 11.6 Å². The molecule has 0 unspecified atom stereocenters. The Morgan fingerprint density at radius 3 is 1.56 bits per heavy atom. The van der Waals surface area contributed by atoms with Gasteiger partial charge in [-0.05, 0) is 23.5 Å². The summed E-state index contributed by atoms with van der Waals surface area (Å²) in [6.07, 6.45) is 0. The van der Waals surface area contributed by atoms with Crippen LogP contribution in [0.15, 0.2) is 34.1 Å². The van der Waals surface area contributed by atoms with Crippen LogP contribution in [0.25, 0.3) is 0 Å². The number of thiocyanates is 2. The van der Waals surface area contributed by atoms with Gasteiger partial charge >= 0.3 is 0 Å². The van der Waals surface area contributed by atoms with E-state index in [4.69, 9.17) is 10.5 Å². The topological polar surface area (TPSA) is 81.7 Å². The summed E-state index contributed by atoms with van der Waals surface area (Å²) in [5, 5.41) is 20.9. The summed E-state index contributed by atoms with van der Waals surface area (Å²) >= 11 is 1.24. The van der Waals surface area contributed by atoms with Gasteiger partial charge in [-0.25, -0.2) is 0 Å². The van der Waals surface area contributed by atoms with Crippen molar-refractivity contribution in [1.29, 1.82) is 10.5 Å². The van der Waals surface area contributed by atoms with Crippen molar-refractivity contribution in [2.75, 3.05) is 0 Å². The highest BCUT2D eigenvalue weighted by Gasteiger charge is 2.32. The molecule has 0 bridgehead atoms. The minimum Gasteiger partial charge on any atom is -0.288 e. The number of allylic oxidation sites excluding steroid dienone is 2. The van der Waals surface area contributed by atoms with E-state index in [0.29, 0.717) is 23.5 Å². The van der Waals surface area contributed by atoms with Crippen LogP contribution in [0, 0.1) is 21.3 Å². The van der Waals surface area contributed by atoms with Crippen LogP contribution in [0.3, 0.4) is 0 Å². The molecule has 86 valence electrons. The standard InChI is InChI=1S/C12H4N2O2S2/c13-5-17-11-9(15)7-3-1-2-4-8(7)10(16)12(11)18-6-14/h1-4H. The lowest BCUT2D eigenvalue weighted by atomic mass is 9.94. The molecule has 2 rings (SSSR count). The molecule has 0 N–H and O–H groups in total. The molecule has 1 aliphatic carbocycles. The van der Waals surface area contributed by atoms with E-state index < -0.39 is 0 Å². The van der Waals surface area contributed by atoms with Crippen LogP contribution in [0.2, 0.25) is 0 Å². The molecule has 0 saturated carbocycles. The summed E-state index contributed by atoms with van der Waals surface area (Å²) in [6, 6.07) is 6.39. The minimum atomic E-state index is -0.380. The molecule has 0 saturated heterocycles. The monoisotopic (exact) mass is 272 g/mol. The van der Waals surface area contributed by atoms with Gasteiger partial charge in [-0.1, -0.05) is 24.3 Å². The maximum absolute atomic E-state index is 12.1. The number of carbonyl (C=O) groups excluding carboxylic acids is 2. The van der Waals surface area contributed by atoms with Crippen molar-refractivity contribution in [3.63, 3.8) is 0 Å². The Bertz CT molecular complexity index is 608. The summed E-state index contributed by atoms with van der Waals surface area (Å²) in [5.74, 6) is -0.760. The normalized spacial score (nSPS) is 13.9. The van der Waals surface area contributed by atoms with Crippen molar-refractivity contribution in [2.45, 2.75) is 0 Å². The summed E-state index contributed by atoms with van der Waals surface area (Å²) in [4.78, 5) is 24.3. The first-order valence-electron chi connectivity index (χ1n) is 4.75. The van der Waals surface area contributed by atoms with E-state index in [1.807, 2.05) is 0 Å². The third-order valence-corrected chi connectivity index (χ3v) is 3.83. The lowest BCUT2D eigenvalue weighted by molar-refractivity contribution is 0.0988. The smallest absolute Gasteiger partial charge is 0.202 e. The van der Waals surface area contributed by atoms with Gasteiger partial charge in [0.05, 0.1) is 9.81 Å². The van der Waals surface area contributed by atoms with Crippen molar-refractivity contribution in [3.8, 4) is 10.8 Å². The molecule has 0 heterocycles. The second-order valence-electron chi connectivity index (χ2n) is 3.25. The summed E-state index contributed by atoms with van der Waals surface area (Å²) in [6.45, 7) is 0. The van der Waals surface area contributed by atoms with E-state index in [0.717, 1.165) is 0 Å². The Morgan fingerprint density at radius 2 is 1.22 bits per heavy atom.